The van der Waals surface area contributed by atoms with Crippen LogP contribution in [0, 0.1) is 0 Å². The molecule has 1 aliphatic rings. The second-order valence-electron chi connectivity index (χ2n) is 4.51. The Morgan fingerprint density at radius 1 is 1.10 bits per heavy atom. The summed E-state index contributed by atoms with van der Waals surface area (Å²) in [5.41, 5.74) is 4.23. The van der Waals surface area contributed by atoms with Crippen molar-refractivity contribution in [3.8, 4) is 0 Å². The minimum absolute atomic E-state index is 0.0114. The van der Waals surface area contributed by atoms with Crippen molar-refractivity contribution in [2.45, 2.75) is 5.92 Å². The molecule has 0 saturated heterocycles. The lowest BCUT2D eigenvalue weighted by molar-refractivity contribution is 0.938. The first kappa shape index (κ1) is 12.3. The Morgan fingerprint density at radius 2 is 1.90 bits per heavy atom. The number of pyridine rings is 1. The lowest BCUT2D eigenvalue weighted by atomic mass is 9.93. The summed E-state index contributed by atoms with van der Waals surface area (Å²) in [6, 6.07) is 0. The third-order valence-corrected chi connectivity index (χ3v) is 3.27. The standard InChI is InChI=1S/C16H14N4/c1-3-12-10-17-15(16-14(12)18-20-19-16)13-9-7-5-4-6-8-11(13)2/h3-10,13H,1-2H2,(H,18,19,20). The predicted octanol–water partition coefficient (Wildman–Crippen LogP) is 3.32. The maximum atomic E-state index is 4.53. The van der Waals surface area contributed by atoms with E-state index in [0.717, 1.165) is 27.9 Å². The minimum atomic E-state index is -0.0114. The molecule has 4 heteroatoms. The first-order valence-electron chi connectivity index (χ1n) is 6.33. The molecule has 0 amide bonds. The topological polar surface area (TPSA) is 54.5 Å². The van der Waals surface area contributed by atoms with Crippen molar-refractivity contribution in [2.24, 2.45) is 0 Å². The van der Waals surface area contributed by atoms with Crippen molar-refractivity contribution in [1.29, 1.82) is 0 Å². The van der Waals surface area contributed by atoms with E-state index < -0.39 is 0 Å². The summed E-state index contributed by atoms with van der Waals surface area (Å²) in [6.45, 7) is 7.89. The molecule has 4 nitrogen and oxygen atoms in total. The van der Waals surface area contributed by atoms with Gasteiger partial charge in [-0.25, -0.2) is 0 Å². The highest BCUT2D eigenvalue weighted by Crippen LogP contribution is 2.30. The van der Waals surface area contributed by atoms with Gasteiger partial charge in [0.05, 0.1) is 5.69 Å². The number of aromatic amines is 1. The van der Waals surface area contributed by atoms with Gasteiger partial charge in [-0.1, -0.05) is 55.7 Å². The Kier molecular flexibility index (Phi) is 3.13. The van der Waals surface area contributed by atoms with Crippen LogP contribution in [0.3, 0.4) is 0 Å². The largest absolute Gasteiger partial charge is 0.257 e. The van der Waals surface area contributed by atoms with Crippen LogP contribution in [0.4, 0.5) is 0 Å². The second kappa shape index (κ2) is 5.09. The van der Waals surface area contributed by atoms with Gasteiger partial charge in [-0.05, 0) is 5.57 Å². The van der Waals surface area contributed by atoms with E-state index in [4.69, 9.17) is 0 Å². The minimum Gasteiger partial charge on any atom is -0.257 e. The van der Waals surface area contributed by atoms with Crippen LogP contribution in [0.25, 0.3) is 17.1 Å². The van der Waals surface area contributed by atoms with E-state index in [1.807, 2.05) is 30.4 Å². The van der Waals surface area contributed by atoms with Crippen LogP contribution in [0.5, 0.6) is 0 Å². The molecule has 1 N–H and O–H groups in total. The second-order valence-corrected chi connectivity index (χ2v) is 4.51. The number of nitrogens with one attached hydrogen (secondary N) is 1. The molecule has 0 fully saturated rings. The first-order valence-corrected chi connectivity index (χ1v) is 6.33. The SMILES string of the molecule is C=Cc1cnc(C2C=CC=CC=CC2=C)c2n[nH]nc12. The van der Waals surface area contributed by atoms with Gasteiger partial charge in [-0.2, -0.15) is 15.4 Å². The highest BCUT2D eigenvalue weighted by Gasteiger charge is 2.19. The average Bonchev–Trinajstić information content (AvgIpc) is 2.92. The van der Waals surface area contributed by atoms with E-state index in [-0.39, 0.29) is 5.92 Å². The summed E-state index contributed by atoms with van der Waals surface area (Å²) in [5, 5.41) is 11.1. The Balaban J connectivity index is 2.19. The molecule has 0 saturated carbocycles. The van der Waals surface area contributed by atoms with E-state index in [1.54, 1.807) is 12.3 Å². The maximum absolute atomic E-state index is 4.53. The van der Waals surface area contributed by atoms with Crippen LogP contribution in [-0.2, 0) is 0 Å². The molecule has 0 aromatic carbocycles. The summed E-state index contributed by atoms with van der Waals surface area (Å²) in [5.74, 6) is -0.0114. The van der Waals surface area contributed by atoms with Gasteiger partial charge in [0, 0.05) is 17.7 Å². The third-order valence-electron chi connectivity index (χ3n) is 3.27. The van der Waals surface area contributed by atoms with Crippen molar-refractivity contribution in [3.05, 3.63) is 72.6 Å². The zero-order valence-corrected chi connectivity index (χ0v) is 11.0. The molecule has 2 aromatic heterocycles. The van der Waals surface area contributed by atoms with E-state index in [1.165, 1.54) is 0 Å². The van der Waals surface area contributed by atoms with Crippen LogP contribution in [-0.4, -0.2) is 20.4 Å². The first-order chi connectivity index (χ1) is 9.81. The molecule has 0 bridgehead atoms. The summed E-state index contributed by atoms with van der Waals surface area (Å²) in [4.78, 5) is 4.53. The van der Waals surface area contributed by atoms with E-state index in [2.05, 4.69) is 39.6 Å². The number of hydrogen-bond acceptors (Lipinski definition) is 3. The van der Waals surface area contributed by atoms with Gasteiger partial charge >= 0.3 is 0 Å². The van der Waals surface area contributed by atoms with Crippen LogP contribution >= 0.6 is 0 Å². The summed E-state index contributed by atoms with van der Waals surface area (Å²) in [6.07, 6.45) is 15.5. The molecule has 20 heavy (non-hydrogen) atoms. The monoisotopic (exact) mass is 262 g/mol. The molecule has 2 aromatic rings. The van der Waals surface area contributed by atoms with Crippen LogP contribution in [0.15, 0.2) is 61.4 Å². The van der Waals surface area contributed by atoms with Gasteiger partial charge in [0.2, 0.25) is 0 Å². The molecule has 0 aliphatic heterocycles. The lowest BCUT2D eigenvalue weighted by Gasteiger charge is -2.14. The zero-order chi connectivity index (χ0) is 13.9. The van der Waals surface area contributed by atoms with E-state index in [0.29, 0.717) is 0 Å². The van der Waals surface area contributed by atoms with Gasteiger partial charge in [0.25, 0.3) is 0 Å². The number of allylic oxidation sites excluding steroid dienone is 7. The highest BCUT2D eigenvalue weighted by atomic mass is 15.3. The molecular formula is C16H14N4. The number of hydrogen-bond donors (Lipinski definition) is 1. The molecule has 98 valence electrons. The van der Waals surface area contributed by atoms with Crippen molar-refractivity contribution in [3.63, 3.8) is 0 Å². The molecular weight excluding hydrogens is 248 g/mol. The third kappa shape index (κ3) is 2.01. The molecule has 1 unspecified atom stereocenters. The van der Waals surface area contributed by atoms with Crippen molar-refractivity contribution in [2.75, 3.05) is 0 Å². The lowest BCUT2D eigenvalue weighted by Crippen LogP contribution is -2.02. The Hall–Kier alpha value is -2.75. The maximum Gasteiger partial charge on any atom is 0.136 e. The number of fused-ring (bicyclic) bond motifs is 1. The Morgan fingerprint density at radius 3 is 2.75 bits per heavy atom. The average molecular weight is 262 g/mol. The van der Waals surface area contributed by atoms with Gasteiger partial charge < -0.3 is 0 Å². The van der Waals surface area contributed by atoms with Crippen molar-refractivity contribution >= 4 is 17.1 Å². The number of aromatic nitrogens is 4. The predicted molar refractivity (Wildman–Crippen MR) is 81.1 cm³/mol. The van der Waals surface area contributed by atoms with E-state index >= 15 is 0 Å². The number of rotatable bonds is 2. The summed E-state index contributed by atoms with van der Waals surface area (Å²) in [7, 11) is 0. The van der Waals surface area contributed by atoms with Crippen LogP contribution in [0.1, 0.15) is 17.2 Å². The smallest absolute Gasteiger partial charge is 0.136 e. The summed E-state index contributed by atoms with van der Waals surface area (Å²) < 4.78 is 0. The van der Waals surface area contributed by atoms with Gasteiger partial charge in [0.1, 0.15) is 11.0 Å². The van der Waals surface area contributed by atoms with Gasteiger partial charge in [-0.3, -0.25) is 4.98 Å². The molecule has 0 spiro atoms. The zero-order valence-electron chi connectivity index (χ0n) is 11.0. The number of H-pyrrole nitrogens is 1. The normalized spacial score (nSPS) is 18.2. The highest BCUT2D eigenvalue weighted by molar-refractivity contribution is 5.85. The fourth-order valence-corrected chi connectivity index (χ4v) is 2.23. The number of nitrogens with zero attached hydrogens (tertiary/aromatic N) is 3. The van der Waals surface area contributed by atoms with Crippen LogP contribution in [0.2, 0.25) is 0 Å². The van der Waals surface area contributed by atoms with Gasteiger partial charge in [-0.15, -0.1) is 0 Å². The molecule has 2 heterocycles. The van der Waals surface area contributed by atoms with Crippen LogP contribution < -0.4 is 0 Å². The quantitative estimate of drug-likeness (QED) is 0.903. The summed E-state index contributed by atoms with van der Waals surface area (Å²) >= 11 is 0. The fourth-order valence-electron chi connectivity index (χ4n) is 2.23. The fraction of sp³-hybridized carbons (Fsp3) is 0.0625. The molecule has 3 rings (SSSR count). The van der Waals surface area contributed by atoms with Crippen molar-refractivity contribution in [1.82, 2.24) is 20.4 Å². The molecule has 1 atom stereocenters. The van der Waals surface area contributed by atoms with Gasteiger partial charge in [0.15, 0.2) is 0 Å². The molecule has 0 radical (unpaired) electrons. The molecule has 1 aliphatic carbocycles. The Bertz CT molecular complexity index is 762. The van der Waals surface area contributed by atoms with E-state index in [9.17, 15) is 0 Å². The van der Waals surface area contributed by atoms with Crippen molar-refractivity contribution < 1.29 is 0 Å². The Labute approximate surface area is 116 Å².